The fourth-order valence-corrected chi connectivity index (χ4v) is 4.43. The van der Waals surface area contributed by atoms with E-state index in [4.69, 9.17) is 0 Å². The Morgan fingerprint density at radius 2 is 1.69 bits per heavy atom. The van der Waals surface area contributed by atoms with Crippen molar-refractivity contribution in [2.75, 3.05) is 17.1 Å². The summed E-state index contributed by atoms with van der Waals surface area (Å²) in [5.74, 6) is -2.84. The number of halogens is 2. The standard InChI is InChI=1S/C25H33F2N3O4S/c1-5-18(2)28-25(32)19(3)29(17-20-10-7-6-8-11-20)24(31)12-9-15-30(35(4,33)34)21-13-14-22(26)23(27)16-21/h6-8,10-11,13-14,16,18-19H,5,9,12,15,17H2,1-4H3,(H,28,32)/t18-,19-/m1/s1. The van der Waals surface area contributed by atoms with Crippen LogP contribution < -0.4 is 9.62 Å². The van der Waals surface area contributed by atoms with Gasteiger partial charge in [0.1, 0.15) is 6.04 Å². The average Bonchev–Trinajstić information content (AvgIpc) is 2.81. The number of amides is 2. The van der Waals surface area contributed by atoms with Crippen LogP contribution in [-0.4, -0.2) is 50.0 Å². The normalized spacial score (nSPS) is 13.1. The van der Waals surface area contributed by atoms with Crippen LogP contribution in [0.1, 0.15) is 45.6 Å². The van der Waals surface area contributed by atoms with E-state index in [0.717, 1.165) is 34.7 Å². The van der Waals surface area contributed by atoms with Crippen molar-refractivity contribution in [2.24, 2.45) is 0 Å². The quantitative estimate of drug-likeness (QED) is 0.471. The van der Waals surface area contributed by atoms with Crippen molar-refractivity contribution in [1.29, 1.82) is 0 Å². The van der Waals surface area contributed by atoms with Crippen molar-refractivity contribution < 1.29 is 26.8 Å². The van der Waals surface area contributed by atoms with E-state index < -0.39 is 27.7 Å². The summed E-state index contributed by atoms with van der Waals surface area (Å²) in [6, 6.07) is 11.3. The van der Waals surface area contributed by atoms with E-state index in [-0.39, 0.29) is 49.5 Å². The summed E-state index contributed by atoms with van der Waals surface area (Å²) < 4.78 is 52.4. The summed E-state index contributed by atoms with van der Waals surface area (Å²) in [6.45, 7) is 5.59. The lowest BCUT2D eigenvalue weighted by Gasteiger charge is -2.30. The van der Waals surface area contributed by atoms with E-state index in [2.05, 4.69) is 5.32 Å². The third kappa shape index (κ3) is 8.31. The number of hydrogen-bond acceptors (Lipinski definition) is 4. The van der Waals surface area contributed by atoms with Crippen molar-refractivity contribution >= 4 is 27.5 Å². The molecule has 1 N–H and O–H groups in total. The highest BCUT2D eigenvalue weighted by molar-refractivity contribution is 7.92. The van der Waals surface area contributed by atoms with Crippen LogP contribution >= 0.6 is 0 Å². The van der Waals surface area contributed by atoms with Crippen LogP contribution in [0, 0.1) is 11.6 Å². The predicted octanol–water partition coefficient (Wildman–Crippen LogP) is 3.84. The van der Waals surface area contributed by atoms with Crippen LogP contribution in [-0.2, 0) is 26.2 Å². The first-order valence-electron chi connectivity index (χ1n) is 11.5. The second-order valence-electron chi connectivity index (χ2n) is 8.54. The van der Waals surface area contributed by atoms with E-state index >= 15 is 0 Å². The molecule has 0 bridgehead atoms. The Labute approximate surface area is 206 Å². The molecule has 0 saturated heterocycles. The zero-order valence-corrected chi connectivity index (χ0v) is 21.3. The van der Waals surface area contributed by atoms with Crippen LogP contribution in [0.5, 0.6) is 0 Å². The summed E-state index contributed by atoms with van der Waals surface area (Å²) in [6.07, 6.45) is 1.79. The molecule has 2 aromatic carbocycles. The lowest BCUT2D eigenvalue weighted by molar-refractivity contribution is -0.140. The molecule has 0 aromatic heterocycles. The number of carbonyl (C=O) groups excluding carboxylic acids is 2. The summed E-state index contributed by atoms with van der Waals surface area (Å²) in [5.41, 5.74) is 0.824. The molecule has 2 atom stereocenters. The molecule has 2 aromatic rings. The number of nitrogens with zero attached hydrogens (tertiary/aromatic N) is 2. The molecular formula is C25H33F2N3O4S. The third-order valence-corrected chi connectivity index (χ3v) is 6.90. The number of benzene rings is 2. The Hall–Kier alpha value is -3.01. The van der Waals surface area contributed by atoms with Gasteiger partial charge in [0.05, 0.1) is 11.9 Å². The first-order chi connectivity index (χ1) is 16.4. The van der Waals surface area contributed by atoms with Gasteiger partial charge >= 0.3 is 0 Å². The average molecular weight is 510 g/mol. The van der Waals surface area contributed by atoms with E-state index in [1.54, 1.807) is 6.92 Å². The monoisotopic (exact) mass is 509 g/mol. The first-order valence-corrected chi connectivity index (χ1v) is 13.3. The molecule has 0 aliphatic rings. The second-order valence-corrected chi connectivity index (χ2v) is 10.4. The van der Waals surface area contributed by atoms with Gasteiger partial charge in [0.2, 0.25) is 21.8 Å². The maximum absolute atomic E-state index is 13.7. The minimum absolute atomic E-state index is 0.0266. The Bertz CT molecular complexity index is 1110. The lowest BCUT2D eigenvalue weighted by Crippen LogP contribution is -2.49. The highest BCUT2D eigenvalue weighted by Gasteiger charge is 2.27. The van der Waals surface area contributed by atoms with Crippen LogP contribution in [0.25, 0.3) is 0 Å². The fraction of sp³-hybridized carbons (Fsp3) is 0.440. The van der Waals surface area contributed by atoms with Crippen molar-refractivity contribution in [3.8, 4) is 0 Å². The van der Waals surface area contributed by atoms with E-state index in [9.17, 15) is 26.8 Å². The topological polar surface area (TPSA) is 86.8 Å². The molecule has 0 unspecified atom stereocenters. The van der Waals surface area contributed by atoms with Gasteiger partial charge in [-0.2, -0.15) is 0 Å². The number of sulfonamides is 1. The summed E-state index contributed by atoms with van der Waals surface area (Å²) in [4.78, 5) is 27.4. The molecule has 10 heteroatoms. The predicted molar refractivity (Wildman–Crippen MR) is 132 cm³/mol. The molecule has 35 heavy (non-hydrogen) atoms. The summed E-state index contributed by atoms with van der Waals surface area (Å²) in [7, 11) is -3.81. The zero-order chi connectivity index (χ0) is 26.2. The number of nitrogens with one attached hydrogen (secondary N) is 1. The minimum atomic E-state index is -3.81. The fourth-order valence-electron chi connectivity index (χ4n) is 3.47. The van der Waals surface area contributed by atoms with Crippen LogP contribution in [0.3, 0.4) is 0 Å². The van der Waals surface area contributed by atoms with Gasteiger partial charge in [-0.3, -0.25) is 13.9 Å². The molecule has 0 radical (unpaired) electrons. The first kappa shape index (κ1) is 28.2. The molecule has 0 spiro atoms. The van der Waals surface area contributed by atoms with Gasteiger partial charge < -0.3 is 10.2 Å². The zero-order valence-electron chi connectivity index (χ0n) is 20.5. The van der Waals surface area contributed by atoms with Crippen molar-refractivity contribution in [2.45, 2.75) is 58.7 Å². The summed E-state index contributed by atoms with van der Waals surface area (Å²) >= 11 is 0. The number of hydrogen-bond donors (Lipinski definition) is 1. The molecule has 0 heterocycles. The highest BCUT2D eigenvalue weighted by atomic mass is 32.2. The SMILES string of the molecule is CC[C@@H](C)NC(=O)[C@@H](C)N(Cc1ccccc1)C(=O)CCCN(c1ccc(F)c(F)c1)S(C)(=O)=O. The molecular weight excluding hydrogens is 476 g/mol. The lowest BCUT2D eigenvalue weighted by atomic mass is 10.1. The molecule has 0 aliphatic carbocycles. The largest absolute Gasteiger partial charge is 0.352 e. The van der Waals surface area contributed by atoms with Gasteiger partial charge in [0.25, 0.3) is 0 Å². The highest BCUT2D eigenvalue weighted by Crippen LogP contribution is 2.21. The van der Waals surface area contributed by atoms with Gasteiger partial charge in [0, 0.05) is 31.6 Å². The number of carbonyl (C=O) groups is 2. The summed E-state index contributed by atoms with van der Waals surface area (Å²) in [5, 5.41) is 2.89. The van der Waals surface area contributed by atoms with Crippen molar-refractivity contribution in [3.63, 3.8) is 0 Å². The van der Waals surface area contributed by atoms with Crippen molar-refractivity contribution in [3.05, 3.63) is 65.7 Å². The molecule has 7 nitrogen and oxygen atoms in total. The van der Waals surface area contributed by atoms with Crippen LogP contribution in [0.15, 0.2) is 48.5 Å². The molecule has 192 valence electrons. The Kier molecular flexibility index (Phi) is 10.2. The maximum atomic E-state index is 13.7. The third-order valence-electron chi connectivity index (χ3n) is 5.71. The Morgan fingerprint density at radius 3 is 2.26 bits per heavy atom. The van der Waals surface area contributed by atoms with Gasteiger partial charge in [-0.15, -0.1) is 0 Å². The maximum Gasteiger partial charge on any atom is 0.242 e. The van der Waals surface area contributed by atoms with Gasteiger partial charge in [-0.25, -0.2) is 17.2 Å². The smallest absolute Gasteiger partial charge is 0.242 e. The van der Waals surface area contributed by atoms with Crippen LogP contribution in [0.2, 0.25) is 0 Å². The Balaban J connectivity index is 2.16. The van der Waals surface area contributed by atoms with E-state index in [0.29, 0.717) is 0 Å². The van der Waals surface area contributed by atoms with Gasteiger partial charge in [-0.05, 0) is 44.4 Å². The Morgan fingerprint density at radius 1 is 1.03 bits per heavy atom. The second kappa shape index (κ2) is 12.6. The van der Waals surface area contributed by atoms with Crippen molar-refractivity contribution in [1.82, 2.24) is 10.2 Å². The molecule has 2 rings (SSSR count). The number of anilines is 1. The molecule has 2 amide bonds. The van der Waals surface area contributed by atoms with E-state index in [1.165, 1.54) is 11.0 Å². The van der Waals surface area contributed by atoms with Gasteiger partial charge in [0.15, 0.2) is 11.6 Å². The van der Waals surface area contributed by atoms with E-state index in [1.807, 2.05) is 44.2 Å². The molecule has 0 aliphatic heterocycles. The van der Waals surface area contributed by atoms with Crippen LogP contribution in [0.4, 0.5) is 14.5 Å². The van der Waals surface area contributed by atoms with Gasteiger partial charge in [-0.1, -0.05) is 37.3 Å². The molecule has 0 fully saturated rings. The minimum Gasteiger partial charge on any atom is -0.352 e. The molecule has 0 saturated carbocycles. The number of rotatable bonds is 12.